The number of rotatable bonds is 1. The smallest absolute Gasteiger partial charge is 0.0340 e. The Morgan fingerprint density at radius 1 is 0.650 bits per heavy atom. The van der Waals surface area contributed by atoms with Gasteiger partial charge in [0.2, 0.25) is 0 Å². The predicted octanol–water partition coefficient (Wildman–Crippen LogP) is 5.77. The Morgan fingerprint density at radius 2 is 1.35 bits per heavy atom. The van der Waals surface area contributed by atoms with E-state index in [1.807, 2.05) is 35.7 Å². The highest BCUT2D eigenvalue weighted by Crippen LogP contribution is 2.51. The van der Waals surface area contributed by atoms with E-state index < -0.39 is 0 Å². The van der Waals surface area contributed by atoms with Crippen LogP contribution in [0.3, 0.4) is 0 Å². The van der Waals surface area contributed by atoms with Crippen LogP contribution in [0.2, 0.25) is 0 Å². The van der Waals surface area contributed by atoms with Crippen molar-refractivity contribution in [2.24, 2.45) is 0 Å². The van der Waals surface area contributed by atoms with Gasteiger partial charge in [0, 0.05) is 19.6 Å². The summed E-state index contributed by atoms with van der Waals surface area (Å²) >= 11 is 3.74. The Balaban J connectivity index is 1.87. The van der Waals surface area contributed by atoms with E-state index in [4.69, 9.17) is 0 Å². The molecule has 1 heterocycles. The van der Waals surface area contributed by atoms with E-state index in [1.165, 1.54) is 30.7 Å². The molecule has 0 spiro atoms. The normalized spacial score (nSPS) is 12.6. The van der Waals surface area contributed by atoms with Gasteiger partial charge in [-0.2, -0.15) is 0 Å². The number of benzene rings is 3. The molecule has 3 aromatic rings. The van der Waals surface area contributed by atoms with Gasteiger partial charge in [0.15, 0.2) is 0 Å². The zero-order valence-corrected chi connectivity index (χ0v) is 12.3. The van der Waals surface area contributed by atoms with E-state index in [2.05, 4.69) is 60.7 Å². The molecule has 0 bridgehead atoms. The monoisotopic (exact) mass is 291 g/mol. The van der Waals surface area contributed by atoms with Crippen molar-refractivity contribution in [2.45, 2.75) is 19.6 Å². The first-order valence-corrected chi connectivity index (χ1v) is 8.09. The van der Waals surface area contributed by atoms with Crippen molar-refractivity contribution < 1.29 is 0 Å². The molecule has 0 saturated heterocycles. The predicted molar refractivity (Wildman–Crippen MR) is 85.4 cm³/mol. The molecule has 1 radical (unpaired) electrons. The topological polar surface area (TPSA) is 0 Å². The minimum Gasteiger partial charge on any atom is -0.0877 e. The molecule has 95 valence electrons. The Labute approximate surface area is 127 Å². The van der Waals surface area contributed by atoms with Gasteiger partial charge in [-0.25, -0.2) is 0 Å². The third kappa shape index (κ3) is 2.05. The van der Waals surface area contributed by atoms with Crippen LogP contribution in [0, 0.1) is 6.07 Å². The van der Waals surface area contributed by atoms with Crippen molar-refractivity contribution in [3.63, 3.8) is 0 Å². The zero-order chi connectivity index (χ0) is 13.4. The number of fused-ring (bicyclic) bond motifs is 2. The summed E-state index contributed by atoms with van der Waals surface area (Å²) in [7, 11) is 0. The molecular formula is C18H11S2. The molecule has 4 rings (SSSR count). The Bertz CT molecular complexity index is 763. The molecule has 0 aromatic heterocycles. The highest BCUT2D eigenvalue weighted by Gasteiger charge is 2.19. The molecule has 1 aliphatic heterocycles. The summed E-state index contributed by atoms with van der Waals surface area (Å²) in [6.07, 6.45) is 0. The fourth-order valence-corrected chi connectivity index (χ4v) is 4.74. The van der Waals surface area contributed by atoms with E-state index in [-0.39, 0.29) is 0 Å². The summed E-state index contributed by atoms with van der Waals surface area (Å²) in [5.41, 5.74) is 2.57. The maximum Gasteiger partial charge on any atom is 0.0340 e. The maximum absolute atomic E-state index is 3.09. The second-order valence-corrected chi connectivity index (χ2v) is 6.71. The minimum absolute atomic E-state index is 1.26. The third-order valence-corrected chi connectivity index (χ3v) is 5.90. The average molecular weight is 291 g/mol. The van der Waals surface area contributed by atoms with Gasteiger partial charge in [-0.1, -0.05) is 72.1 Å². The van der Waals surface area contributed by atoms with Crippen molar-refractivity contribution >= 4 is 23.5 Å². The van der Waals surface area contributed by atoms with Crippen LogP contribution in [0.25, 0.3) is 11.1 Å². The summed E-state index contributed by atoms with van der Waals surface area (Å²) in [6.45, 7) is 0. The van der Waals surface area contributed by atoms with Gasteiger partial charge in [-0.15, -0.1) is 0 Å². The third-order valence-electron chi connectivity index (χ3n) is 3.29. The molecule has 2 heteroatoms. The summed E-state index contributed by atoms with van der Waals surface area (Å²) in [5.74, 6) is 0. The molecule has 20 heavy (non-hydrogen) atoms. The molecule has 0 atom stereocenters. The summed E-state index contributed by atoms with van der Waals surface area (Å²) in [4.78, 5) is 5.41. The molecule has 1 aliphatic rings. The maximum atomic E-state index is 3.09. The van der Waals surface area contributed by atoms with Crippen LogP contribution in [0.5, 0.6) is 0 Å². The Kier molecular flexibility index (Phi) is 3.06. The second-order valence-electron chi connectivity index (χ2n) is 4.57. The summed E-state index contributed by atoms with van der Waals surface area (Å²) in [6, 6.07) is 26.5. The Hall–Kier alpha value is -1.64. The van der Waals surface area contributed by atoms with Gasteiger partial charge in [0.25, 0.3) is 0 Å². The van der Waals surface area contributed by atoms with Crippen molar-refractivity contribution in [3.8, 4) is 11.1 Å². The van der Waals surface area contributed by atoms with Crippen LogP contribution < -0.4 is 0 Å². The zero-order valence-electron chi connectivity index (χ0n) is 10.7. The lowest BCUT2D eigenvalue weighted by atomic mass is 10.1. The molecule has 0 N–H and O–H groups in total. The van der Waals surface area contributed by atoms with Gasteiger partial charge in [-0.05, 0) is 35.4 Å². The fraction of sp³-hybridized carbons (Fsp3) is 0. The van der Waals surface area contributed by atoms with Crippen LogP contribution in [0.1, 0.15) is 0 Å². The largest absolute Gasteiger partial charge is 0.0877 e. The van der Waals surface area contributed by atoms with E-state index in [0.29, 0.717) is 0 Å². The molecule has 0 aliphatic carbocycles. The molecule has 0 amide bonds. The minimum atomic E-state index is 1.26. The molecular weight excluding hydrogens is 280 g/mol. The van der Waals surface area contributed by atoms with E-state index in [0.717, 1.165) is 0 Å². The molecule has 0 saturated carbocycles. The average Bonchev–Trinajstić information content (AvgIpc) is 2.53. The van der Waals surface area contributed by atoms with Gasteiger partial charge in [-0.3, -0.25) is 0 Å². The Morgan fingerprint density at radius 3 is 2.15 bits per heavy atom. The van der Waals surface area contributed by atoms with Crippen LogP contribution in [-0.4, -0.2) is 0 Å². The lowest BCUT2D eigenvalue weighted by molar-refractivity contribution is 1.16. The quantitative estimate of drug-likeness (QED) is 0.436. The highest BCUT2D eigenvalue weighted by molar-refractivity contribution is 8.05. The van der Waals surface area contributed by atoms with E-state index >= 15 is 0 Å². The molecule has 0 nitrogen and oxygen atoms in total. The van der Waals surface area contributed by atoms with Crippen molar-refractivity contribution in [3.05, 3.63) is 72.8 Å². The van der Waals surface area contributed by atoms with Gasteiger partial charge < -0.3 is 0 Å². The fourth-order valence-electron chi connectivity index (χ4n) is 2.34. The van der Waals surface area contributed by atoms with Crippen LogP contribution in [0.4, 0.5) is 0 Å². The lowest BCUT2D eigenvalue weighted by Crippen LogP contribution is -1.92. The summed E-state index contributed by atoms with van der Waals surface area (Å²) < 4.78 is 0. The van der Waals surface area contributed by atoms with Crippen LogP contribution in [-0.2, 0) is 0 Å². The lowest BCUT2D eigenvalue weighted by Gasteiger charge is -2.20. The van der Waals surface area contributed by atoms with Crippen molar-refractivity contribution in [1.29, 1.82) is 0 Å². The van der Waals surface area contributed by atoms with E-state index in [9.17, 15) is 0 Å². The molecule has 0 unspecified atom stereocenters. The molecule has 0 fully saturated rings. The first-order valence-electron chi connectivity index (χ1n) is 6.46. The van der Waals surface area contributed by atoms with Gasteiger partial charge in [0.05, 0.1) is 0 Å². The SMILES string of the molecule is [c]1ccc(-c2cccc3c2Sc2ccccc2S3)cc1. The summed E-state index contributed by atoms with van der Waals surface area (Å²) in [5, 5.41) is 0. The van der Waals surface area contributed by atoms with Crippen LogP contribution >= 0.6 is 23.5 Å². The number of hydrogen-bond acceptors (Lipinski definition) is 2. The van der Waals surface area contributed by atoms with Crippen molar-refractivity contribution in [1.82, 2.24) is 0 Å². The van der Waals surface area contributed by atoms with E-state index in [1.54, 1.807) is 0 Å². The van der Waals surface area contributed by atoms with Crippen molar-refractivity contribution in [2.75, 3.05) is 0 Å². The van der Waals surface area contributed by atoms with Crippen LogP contribution in [0.15, 0.2) is 86.3 Å². The molecule has 3 aromatic carbocycles. The number of hydrogen-bond donors (Lipinski definition) is 0. The highest BCUT2D eigenvalue weighted by atomic mass is 32.2. The first kappa shape index (κ1) is 12.1. The standard InChI is InChI=1S/C18H11S2/c1-2-7-13(8-3-1)14-9-6-12-17-18(14)20-16-11-5-4-10-15(16)19-17/h2-12H. The second kappa shape index (κ2) is 5.04. The first-order chi connectivity index (χ1) is 9.92. The van der Waals surface area contributed by atoms with Gasteiger partial charge >= 0.3 is 0 Å². The van der Waals surface area contributed by atoms with Gasteiger partial charge in [0.1, 0.15) is 0 Å².